The molecule has 5 rings (SSSR count). The molecule has 0 saturated carbocycles. The van der Waals surface area contributed by atoms with Gasteiger partial charge in [-0.25, -0.2) is 14.2 Å². The minimum Gasteiger partial charge on any atom is -0.348 e. The Balaban J connectivity index is 1.26. The Labute approximate surface area is 218 Å². The van der Waals surface area contributed by atoms with E-state index in [1.165, 1.54) is 0 Å². The molecule has 0 aliphatic heterocycles. The number of benzene rings is 2. The van der Waals surface area contributed by atoms with Gasteiger partial charge >= 0.3 is 12.2 Å². The summed E-state index contributed by atoms with van der Waals surface area (Å²) in [5, 5.41) is 15.6. The Morgan fingerprint density at radius 1 is 1.03 bits per heavy atom. The number of urea groups is 1. The van der Waals surface area contributed by atoms with Crippen LogP contribution in [0.1, 0.15) is 24.1 Å². The molecule has 0 spiro atoms. The molecular weight excluding hydrogens is 516 g/mol. The molecule has 0 radical (unpaired) electrons. The Bertz CT molecular complexity index is 1620. The second-order valence-corrected chi connectivity index (χ2v) is 8.53. The van der Waals surface area contributed by atoms with Crippen LogP contribution < -0.4 is 16.0 Å². The SMILES string of the molecule is CC(Nc1ncc2c(-c3ccc(NC(=O)Nc4cc(C(F)(F)F)ccc4F)cc3)[nH]nc2n1)c1cccnc1. The van der Waals surface area contributed by atoms with E-state index < -0.39 is 29.3 Å². The van der Waals surface area contributed by atoms with E-state index in [0.29, 0.717) is 46.6 Å². The number of carbonyl (C=O) groups excluding carboxylic acids is 1. The Kier molecular flexibility index (Phi) is 6.79. The van der Waals surface area contributed by atoms with E-state index in [1.54, 1.807) is 42.9 Å². The topological polar surface area (TPSA) is 121 Å². The van der Waals surface area contributed by atoms with E-state index >= 15 is 0 Å². The molecular formula is C26H20F4N8O. The third-order valence-electron chi connectivity index (χ3n) is 5.81. The first-order valence-electron chi connectivity index (χ1n) is 11.6. The molecule has 0 aliphatic carbocycles. The highest BCUT2D eigenvalue weighted by Crippen LogP contribution is 2.32. The van der Waals surface area contributed by atoms with Crippen molar-refractivity contribution in [2.24, 2.45) is 0 Å². The number of nitrogens with zero attached hydrogens (tertiary/aromatic N) is 4. The molecule has 0 saturated heterocycles. The summed E-state index contributed by atoms with van der Waals surface area (Å²) in [7, 11) is 0. The summed E-state index contributed by atoms with van der Waals surface area (Å²) in [6.45, 7) is 1.96. The van der Waals surface area contributed by atoms with Crippen molar-refractivity contribution in [1.82, 2.24) is 25.1 Å². The van der Waals surface area contributed by atoms with Crippen molar-refractivity contribution in [3.8, 4) is 11.3 Å². The zero-order valence-corrected chi connectivity index (χ0v) is 20.2. The highest BCUT2D eigenvalue weighted by molar-refractivity contribution is 6.00. The smallest absolute Gasteiger partial charge is 0.348 e. The van der Waals surface area contributed by atoms with Crippen molar-refractivity contribution >= 4 is 34.4 Å². The zero-order chi connectivity index (χ0) is 27.6. The average molecular weight is 536 g/mol. The molecule has 5 aromatic rings. The van der Waals surface area contributed by atoms with Gasteiger partial charge in [-0.05, 0) is 48.9 Å². The Hall–Kier alpha value is -5.07. The van der Waals surface area contributed by atoms with Crippen LogP contribution in [-0.4, -0.2) is 31.2 Å². The molecule has 2 amide bonds. The molecule has 1 atom stereocenters. The van der Waals surface area contributed by atoms with Gasteiger partial charge in [-0.2, -0.15) is 23.3 Å². The fourth-order valence-corrected chi connectivity index (χ4v) is 3.80. The van der Waals surface area contributed by atoms with Gasteiger partial charge in [0.05, 0.1) is 28.4 Å². The predicted molar refractivity (Wildman–Crippen MR) is 137 cm³/mol. The number of halogens is 4. The van der Waals surface area contributed by atoms with Gasteiger partial charge in [-0.1, -0.05) is 18.2 Å². The van der Waals surface area contributed by atoms with Gasteiger partial charge in [0.25, 0.3) is 0 Å². The fraction of sp³-hybridized carbons (Fsp3) is 0.115. The molecule has 0 fully saturated rings. The molecule has 4 N–H and O–H groups in total. The average Bonchev–Trinajstić information content (AvgIpc) is 3.33. The largest absolute Gasteiger partial charge is 0.416 e. The third-order valence-corrected chi connectivity index (χ3v) is 5.81. The van der Waals surface area contributed by atoms with Gasteiger partial charge in [0, 0.05) is 29.8 Å². The van der Waals surface area contributed by atoms with Gasteiger partial charge in [-0.3, -0.25) is 10.1 Å². The van der Waals surface area contributed by atoms with Crippen LogP contribution in [0.3, 0.4) is 0 Å². The maximum atomic E-state index is 13.9. The molecule has 2 aromatic carbocycles. The summed E-state index contributed by atoms with van der Waals surface area (Å²) in [5.41, 5.74) is 1.47. The first-order valence-corrected chi connectivity index (χ1v) is 11.6. The van der Waals surface area contributed by atoms with Crippen molar-refractivity contribution in [1.29, 1.82) is 0 Å². The second-order valence-electron chi connectivity index (χ2n) is 8.53. The number of pyridine rings is 1. The first-order chi connectivity index (χ1) is 18.7. The van der Waals surface area contributed by atoms with E-state index in [1.807, 2.05) is 19.1 Å². The highest BCUT2D eigenvalue weighted by Gasteiger charge is 2.31. The number of rotatable bonds is 6. The molecule has 3 heterocycles. The predicted octanol–water partition coefficient (Wildman–Crippen LogP) is 6.39. The summed E-state index contributed by atoms with van der Waals surface area (Å²) in [5.74, 6) is -0.591. The summed E-state index contributed by atoms with van der Waals surface area (Å²) >= 11 is 0. The van der Waals surface area contributed by atoms with Gasteiger partial charge in [0.15, 0.2) is 5.65 Å². The van der Waals surface area contributed by atoms with Crippen LogP contribution in [0.25, 0.3) is 22.3 Å². The number of hydrogen-bond acceptors (Lipinski definition) is 6. The van der Waals surface area contributed by atoms with E-state index in [0.717, 1.165) is 11.1 Å². The monoisotopic (exact) mass is 536 g/mol. The lowest BCUT2D eigenvalue weighted by Gasteiger charge is -2.13. The molecule has 198 valence electrons. The maximum absolute atomic E-state index is 13.9. The number of hydrogen-bond donors (Lipinski definition) is 4. The number of alkyl halides is 3. The summed E-state index contributed by atoms with van der Waals surface area (Å²) in [6, 6.07) is 11.2. The number of anilines is 3. The molecule has 0 bridgehead atoms. The van der Waals surface area contributed by atoms with Gasteiger partial charge in [0.2, 0.25) is 5.95 Å². The van der Waals surface area contributed by atoms with E-state index in [4.69, 9.17) is 0 Å². The minimum atomic E-state index is -4.67. The second kappa shape index (κ2) is 10.4. The highest BCUT2D eigenvalue weighted by atomic mass is 19.4. The van der Waals surface area contributed by atoms with Gasteiger partial charge in [0.1, 0.15) is 5.82 Å². The number of aromatic amines is 1. The lowest BCUT2D eigenvalue weighted by Crippen LogP contribution is -2.20. The maximum Gasteiger partial charge on any atom is 0.416 e. The molecule has 3 aromatic heterocycles. The van der Waals surface area contributed by atoms with Crippen LogP contribution in [0.15, 0.2) is 73.2 Å². The third kappa shape index (κ3) is 5.76. The van der Waals surface area contributed by atoms with Crippen LogP contribution in [0.2, 0.25) is 0 Å². The first kappa shape index (κ1) is 25.6. The summed E-state index contributed by atoms with van der Waals surface area (Å²) < 4.78 is 52.6. The standard InChI is InChI=1S/C26H20F4N8O/c1-14(16-3-2-10-31-12-16)33-24-32-13-19-22(37-38-23(19)36-24)15-4-7-18(8-5-15)34-25(39)35-21-11-17(26(28,29)30)6-9-20(21)27/h2-14H,1H3,(H2,34,35,39)(H2,32,33,36,37,38). The van der Waals surface area contributed by atoms with Crippen LogP contribution in [0, 0.1) is 5.82 Å². The fourth-order valence-electron chi connectivity index (χ4n) is 3.80. The molecule has 0 aliphatic rings. The van der Waals surface area contributed by atoms with Gasteiger partial charge in [-0.15, -0.1) is 0 Å². The number of carbonyl (C=O) groups is 1. The number of nitrogens with one attached hydrogen (secondary N) is 4. The van der Waals surface area contributed by atoms with Crippen LogP contribution in [-0.2, 0) is 6.18 Å². The molecule has 13 heteroatoms. The molecule has 9 nitrogen and oxygen atoms in total. The summed E-state index contributed by atoms with van der Waals surface area (Å²) in [4.78, 5) is 25.2. The summed E-state index contributed by atoms with van der Waals surface area (Å²) in [6.07, 6.45) is 0.426. The molecule has 39 heavy (non-hydrogen) atoms. The lowest BCUT2D eigenvalue weighted by atomic mass is 10.1. The van der Waals surface area contributed by atoms with Crippen molar-refractivity contribution in [2.75, 3.05) is 16.0 Å². The van der Waals surface area contributed by atoms with Crippen molar-refractivity contribution < 1.29 is 22.4 Å². The van der Waals surface area contributed by atoms with Crippen molar-refractivity contribution in [3.63, 3.8) is 0 Å². The normalized spacial score (nSPS) is 12.2. The van der Waals surface area contributed by atoms with Crippen LogP contribution in [0.4, 0.5) is 39.7 Å². The van der Waals surface area contributed by atoms with E-state index in [2.05, 4.69) is 41.1 Å². The number of amides is 2. The Morgan fingerprint density at radius 3 is 2.54 bits per heavy atom. The zero-order valence-electron chi connectivity index (χ0n) is 20.2. The Morgan fingerprint density at radius 2 is 1.82 bits per heavy atom. The van der Waals surface area contributed by atoms with E-state index in [9.17, 15) is 22.4 Å². The number of aromatic nitrogens is 5. The molecule has 1 unspecified atom stereocenters. The van der Waals surface area contributed by atoms with Gasteiger partial charge < -0.3 is 16.0 Å². The quantitative estimate of drug-likeness (QED) is 0.187. The number of H-pyrrole nitrogens is 1. The van der Waals surface area contributed by atoms with Crippen molar-refractivity contribution in [2.45, 2.75) is 19.1 Å². The van der Waals surface area contributed by atoms with Crippen molar-refractivity contribution in [3.05, 3.63) is 90.1 Å². The van der Waals surface area contributed by atoms with E-state index in [-0.39, 0.29) is 6.04 Å². The minimum absolute atomic E-state index is 0.0723. The lowest BCUT2D eigenvalue weighted by molar-refractivity contribution is -0.137. The number of fused-ring (bicyclic) bond motifs is 1. The van der Waals surface area contributed by atoms with Crippen LogP contribution >= 0.6 is 0 Å². The van der Waals surface area contributed by atoms with Crippen LogP contribution in [0.5, 0.6) is 0 Å².